The lowest BCUT2D eigenvalue weighted by Gasteiger charge is -2.35. The maximum absolute atomic E-state index is 14.2. The van der Waals surface area contributed by atoms with Gasteiger partial charge in [0.1, 0.15) is 29.9 Å². The molecule has 0 aliphatic heterocycles. The number of carbonyl (C=O) groups excluding carboxylic acids is 2. The first-order valence-corrected chi connectivity index (χ1v) is 15.3. The van der Waals surface area contributed by atoms with E-state index >= 15 is 0 Å². The van der Waals surface area contributed by atoms with Crippen molar-refractivity contribution in [3.05, 3.63) is 83.7 Å². The van der Waals surface area contributed by atoms with Crippen LogP contribution in [-0.2, 0) is 26.2 Å². The Balaban J connectivity index is 2.16. The van der Waals surface area contributed by atoms with Crippen molar-refractivity contribution in [1.29, 1.82) is 0 Å². The van der Waals surface area contributed by atoms with Crippen molar-refractivity contribution in [2.24, 2.45) is 0 Å². The van der Waals surface area contributed by atoms with Gasteiger partial charge in [0, 0.05) is 18.2 Å². The molecular formula is C32H40FN3O6S. The summed E-state index contributed by atoms with van der Waals surface area (Å²) in [6.07, 6.45) is 0.252. The molecule has 9 nitrogen and oxygen atoms in total. The molecule has 1 atom stereocenters. The maximum atomic E-state index is 14.2. The minimum atomic E-state index is -4.32. The molecule has 0 saturated heterocycles. The summed E-state index contributed by atoms with van der Waals surface area (Å²) in [5, 5.41) is 2.92. The lowest BCUT2D eigenvalue weighted by molar-refractivity contribution is -0.141. The van der Waals surface area contributed by atoms with Crippen molar-refractivity contribution in [3.63, 3.8) is 0 Å². The van der Waals surface area contributed by atoms with Gasteiger partial charge in [-0.05, 0) is 76.1 Å². The summed E-state index contributed by atoms with van der Waals surface area (Å²) in [7, 11) is -1.48. The highest BCUT2D eigenvalue weighted by Gasteiger charge is 2.35. The second kappa shape index (κ2) is 13.9. The van der Waals surface area contributed by atoms with Gasteiger partial charge >= 0.3 is 0 Å². The third kappa shape index (κ3) is 8.47. The Morgan fingerprint density at radius 2 is 1.58 bits per heavy atom. The van der Waals surface area contributed by atoms with Crippen LogP contribution in [0.25, 0.3) is 0 Å². The second-order valence-electron chi connectivity index (χ2n) is 11.2. The van der Waals surface area contributed by atoms with E-state index in [2.05, 4.69) is 5.32 Å². The fourth-order valence-electron chi connectivity index (χ4n) is 4.50. The Bertz CT molecular complexity index is 1520. The van der Waals surface area contributed by atoms with Gasteiger partial charge in [-0.15, -0.1) is 0 Å². The average Bonchev–Trinajstić information content (AvgIpc) is 2.95. The molecular weight excluding hydrogens is 573 g/mol. The summed E-state index contributed by atoms with van der Waals surface area (Å²) >= 11 is 0. The molecule has 11 heteroatoms. The van der Waals surface area contributed by atoms with Crippen LogP contribution >= 0.6 is 0 Å². The molecule has 0 aliphatic carbocycles. The second-order valence-corrected chi connectivity index (χ2v) is 13.0. The van der Waals surface area contributed by atoms with Crippen LogP contribution < -0.4 is 19.1 Å². The molecule has 1 N–H and O–H groups in total. The highest BCUT2D eigenvalue weighted by molar-refractivity contribution is 7.92. The largest absolute Gasteiger partial charge is 0.497 e. The van der Waals surface area contributed by atoms with Crippen LogP contribution in [0.3, 0.4) is 0 Å². The zero-order chi connectivity index (χ0) is 31.9. The van der Waals surface area contributed by atoms with E-state index in [-0.39, 0.29) is 29.3 Å². The topological polar surface area (TPSA) is 105 Å². The summed E-state index contributed by atoms with van der Waals surface area (Å²) in [4.78, 5) is 29.0. The number of amides is 2. The molecule has 3 rings (SSSR count). The molecule has 0 spiro atoms. The monoisotopic (exact) mass is 613 g/mol. The molecule has 3 aromatic rings. The van der Waals surface area contributed by atoms with Crippen molar-refractivity contribution in [2.45, 2.75) is 64.1 Å². The van der Waals surface area contributed by atoms with Gasteiger partial charge in [-0.1, -0.05) is 36.8 Å². The van der Waals surface area contributed by atoms with Gasteiger partial charge in [-0.25, -0.2) is 12.8 Å². The van der Waals surface area contributed by atoms with E-state index in [9.17, 15) is 22.4 Å². The number of rotatable bonds is 12. The minimum Gasteiger partial charge on any atom is -0.497 e. The smallest absolute Gasteiger partial charge is 0.264 e. The van der Waals surface area contributed by atoms with Crippen molar-refractivity contribution >= 4 is 27.5 Å². The van der Waals surface area contributed by atoms with E-state index < -0.39 is 45.8 Å². The molecule has 0 heterocycles. The van der Waals surface area contributed by atoms with Crippen LogP contribution in [-0.4, -0.2) is 57.5 Å². The quantitative estimate of drug-likeness (QED) is 0.306. The number of hydrogen-bond acceptors (Lipinski definition) is 6. The van der Waals surface area contributed by atoms with Gasteiger partial charge in [-0.3, -0.25) is 13.9 Å². The van der Waals surface area contributed by atoms with Gasteiger partial charge in [-0.2, -0.15) is 0 Å². The predicted octanol–water partition coefficient (Wildman–Crippen LogP) is 5.07. The van der Waals surface area contributed by atoms with Crippen molar-refractivity contribution in [2.75, 3.05) is 25.1 Å². The van der Waals surface area contributed by atoms with Crippen molar-refractivity contribution in [1.82, 2.24) is 10.2 Å². The molecule has 0 radical (unpaired) electrons. The number of nitrogens with zero attached hydrogens (tertiary/aromatic N) is 2. The normalized spacial score (nSPS) is 12.3. The Morgan fingerprint density at radius 3 is 2.12 bits per heavy atom. The summed E-state index contributed by atoms with van der Waals surface area (Å²) in [5.41, 5.74) is 0.944. The molecule has 0 bridgehead atoms. The third-order valence-corrected chi connectivity index (χ3v) is 8.47. The highest BCUT2D eigenvalue weighted by atomic mass is 32.2. The molecule has 0 aliphatic rings. The highest BCUT2D eigenvalue weighted by Crippen LogP contribution is 2.36. The number of sulfonamides is 1. The van der Waals surface area contributed by atoms with E-state index in [1.165, 1.54) is 61.6 Å². The van der Waals surface area contributed by atoms with Gasteiger partial charge in [0.2, 0.25) is 11.8 Å². The predicted molar refractivity (Wildman–Crippen MR) is 164 cm³/mol. The summed E-state index contributed by atoms with van der Waals surface area (Å²) < 4.78 is 53.8. The average molecular weight is 614 g/mol. The fourth-order valence-corrected chi connectivity index (χ4v) is 5.92. The summed E-state index contributed by atoms with van der Waals surface area (Å²) in [6, 6.07) is 15.6. The Morgan fingerprint density at radius 1 is 0.953 bits per heavy atom. The Kier molecular flexibility index (Phi) is 10.8. The van der Waals surface area contributed by atoms with E-state index in [1.54, 1.807) is 31.2 Å². The molecule has 1 unspecified atom stereocenters. The van der Waals surface area contributed by atoms with E-state index in [4.69, 9.17) is 9.47 Å². The first-order chi connectivity index (χ1) is 20.2. The minimum absolute atomic E-state index is 0.0293. The van der Waals surface area contributed by atoms with Crippen LogP contribution in [0.2, 0.25) is 0 Å². The van der Waals surface area contributed by atoms with E-state index in [0.717, 1.165) is 9.87 Å². The number of halogens is 1. The standard InChI is InChI=1S/C32H40FN3O6S/c1-8-27(31(38)34-32(3,4)5)35(20-23-11-13-24(33)14-12-23)30(37)21-36(28-19-25(41-6)15-18-29(28)42-7)43(39,40)26-16-9-22(2)10-17-26/h9-19,27H,8,20-21H2,1-7H3,(H,34,38). The number of methoxy groups -OCH3 is 2. The SMILES string of the molecule is CCC(C(=O)NC(C)(C)C)N(Cc1ccc(F)cc1)C(=O)CN(c1cc(OC)ccc1OC)S(=O)(=O)c1ccc(C)cc1. The van der Waals surface area contributed by atoms with Gasteiger partial charge in [0.25, 0.3) is 10.0 Å². The first kappa shape index (κ1) is 33.4. The van der Waals surface area contributed by atoms with Gasteiger partial charge in [0.05, 0.1) is 24.8 Å². The molecule has 3 aromatic carbocycles. The molecule has 0 saturated carbocycles. The zero-order valence-corrected chi connectivity index (χ0v) is 26.5. The lowest BCUT2D eigenvalue weighted by Crippen LogP contribution is -2.55. The number of hydrogen-bond donors (Lipinski definition) is 1. The molecule has 0 aromatic heterocycles. The summed E-state index contributed by atoms with van der Waals surface area (Å²) in [5.74, 6) is -0.920. The van der Waals surface area contributed by atoms with Crippen LogP contribution in [0.5, 0.6) is 11.5 Å². The van der Waals surface area contributed by atoms with E-state index in [1.807, 2.05) is 27.7 Å². The maximum Gasteiger partial charge on any atom is 0.264 e. The number of nitrogens with one attached hydrogen (secondary N) is 1. The summed E-state index contributed by atoms with van der Waals surface area (Å²) in [6.45, 7) is 8.38. The van der Waals surface area contributed by atoms with Crippen molar-refractivity contribution in [3.8, 4) is 11.5 Å². The Labute approximate surface area is 253 Å². The molecule has 232 valence electrons. The molecule has 43 heavy (non-hydrogen) atoms. The lowest BCUT2D eigenvalue weighted by atomic mass is 10.1. The van der Waals surface area contributed by atoms with Crippen LogP contribution in [0.4, 0.5) is 10.1 Å². The van der Waals surface area contributed by atoms with E-state index in [0.29, 0.717) is 11.3 Å². The first-order valence-electron chi connectivity index (χ1n) is 13.9. The fraction of sp³-hybridized carbons (Fsp3) is 0.375. The van der Waals surface area contributed by atoms with Crippen LogP contribution in [0.1, 0.15) is 45.2 Å². The Hall–Kier alpha value is -4.12. The van der Waals surface area contributed by atoms with Crippen LogP contribution in [0.15, 0.2) is 71.6 Å². The van der Waals surface area contributed by atoms with Gasteiger partial charge < -0.3 is 19.7 Å². The number of benzene rings is 3. The third-order valence-electron chi connectivity index (χ3n) is 6.69. The number of carbonyl (C=O) groups is 2. The van der Waals surface area contributed by atoms with Crippen molar-refractivity contribution < 1.29 is 31.9 Å². The number of anilines is 1. The van der Waals surface area contributed by atoms with Gasteiger partial charge in [0.15, 0.2) is 0 Å². The number of ether oxygens (including phenoxy) is 2. The zero-order valence-electron chi connectivity index (χ0n) is 25.7. The number of aryl methyl sites for hydroxylation is 1. The molecule has 0 fully saturated rings. The van der Waals surface area contributed by atoms with Crippen LogP contribution in [0, 0.1) is 12.7 Å². The molecule has 2 amide bonds.